The summed E-state index contributed by atoms with van der Waals surface area (Å²) in [5, 5.41) is 0.677. The third-order valence-electron chi connectivity index (χ3n) is 3.19. The first-order valence-corrected chi connectivity index (χ1v) is 6.00. The van der Waals surface area contributed by atoms with Gasteiger partial charge in [-0.15, -0.1) is 0 Å². The Morgan fingerprint density at radius 3 is 2.75 bits per heavy atom. The van der Waals surface area contributed by atoms with E-state index < -0.39 is 0 Å². The van der Waals surface area contributed by atoms with Gasteiger partial charge in [0.1, 0.15) is 5.78 Å². The second-order valence-corrected chi connectivity index (χ2v) is 5.17. The molecule has 86 valence electrons. The van der Waals surface area contributed by atoms with Gasteiger partial charge in [0.25, 0.3) is 0 Å². The van der Waals surface area contributed by atoms with Crippen molar-refractivity contribution in [1.82, 2.24) is 0 Å². The minimum Gasteiger partial charge on any atom is -0.325 e. The number of hydrogen-bond acceptors (Lipinski definition) is 2. The quantitative estimate of drug-likeness (QED) is 0.875. The Morgan fingerprint density at radius 2 is 2.19 bits per heavy atom. The van der Waals surface area contributed by atoms with Crippen molar-refractivity contribution in [2.45, 2.75) is 37.6 Å². The van der Waals surface area contributed by atoms with Gasteiger partial charge in [-0.1, -0.05) is 23.7 Å². The van der Waals surface area contributed by atoms with Crippen LogP contribution < -0.4 is 5.73 Å². The zero-order valence-electron chi connectivity index (χ0n) is 9.21. The highest BCUT2D eigenvalue weighted by atomic mass is 35.5. The molecule has 2 nitrogen and oxygen atoms in total. The van der Waals surface area contributed by atoms with Crippen LogP contribution in [0.2, 0.25) is 5.02 Å². The number of ketones is 1. The fourth-order valence-electron chi connectivity index (χ4n) is 2.14. The van der Waals surface area contributed by atoms with Gasteiger partial charge in [-0.3, -0.25) is 4.79 Å². The average Bonchev–Trinajstić information content (AvgIpc) is 2.15. The lowest BCUT2D eigenvalue weighted by Gasteiger charge is -2.37. The molecular formula is C13H16ClNO. The van der Waals surface area contributed by atoms with Crippen LogP contribution in [0.4, 0.5) is 0 Å². The van der Waals surface area contributed by atoms with Crippen molar-refractivity contribution in [3.8, 4) is 0 Å². The highest BCUT2D eigenvalue weighted by Crippen LogP contribution is 2.32. The van der Waals surface area contributed by atoms with Gasteiger partial charge in [-0.2, -0.15) is 0 Å². The number of nitrogens with two attached hydrogens (primary N) is 1. The first-order valence-electron chi connectivity index (χ1n) is 5.62. The number of hydrogen-bond donors (Lipinski definition) is 1. The topological polar surface area (TPSA) is 43.1 Å². The Kier molecular flexibility index (Phi) is 3.31. The Morgan fingerprint density at radius 1 is 1.44 bits per heavy atom. The normalized spacial score (nSPS) is 17.9. The summed E-state index contributed by atoms with van der Waals surface area (Å²) in [5.74, 6) is 0.212. The van der Waals surface area contributed by atoms with E-state index in [-0.39, 0.29) is 11.3 Å². The minimum atomic E-state index is -0.213. The van der Waals surface area contributed by atoms with Gasteiger partial charge in [-0.25, -0.2) is 0 Å². The molecule has 0 spiro atoms. The van der Waals surface area contributed by atoms with E-state index >= 15 is 0 Å². The molecule has 1 aromatic carbocycles. The molecule has 1 aliphatic carbocycles. The van der Waals surface area contributed by atoms with Crippen LogP contribution in [0.15, 0.2) is 24.3 Å². The van der Waals surface area contributed by atoms with Gasteiger partial charge in [-0.05, 0) is 37.0 Å². The molecule has 1 aromatic rings. The van der Waals surface area contributed by atoms with E-state index in [1.54, 1.807) is 0 Å². The zero-order chi connectivity index (χ0) is 11.6. The average molecular weight is 238 g/mol. The summed E-state index contributed by atoms with van der Waals surface area (Å²) in [6.45, 7) is 0. The van der Waals surface area contributed by atoms with E-state index in [0.717, 1.165) is 24.8 Å². The molecule has 1 saturated carbocycles. The highest BCUT2D eigenvalue weighted by molar-refractivity contribution is 6.30. The molecule has 2 rings (SSSR count). The fourth-order valence-corrected chi connectivity index (χ4v) is 2.35. The Hall–Kier alpha value is -0.860. The van der Waals surface area contributed by atoms with Crippen molar-refractivity contribution in [2.24, 2.45) is 5.73 Å². The number of rotatable bonds is 4. The monoisotopic (exact) mass is 237 g/mol. The van der Waals surface area contributed by atoms with Crippen molar-refractivity contribution < 1.29 is 4.79 Å². The number of Topliss-reactive ketones (excluding diaryl/α,β-unsaturated/α-hetero) is 1. The maximum Gasteiger partial charge on any atom is 0.139 e. The van der Waals surface area contributed by atoms with Crippen LogP contribution in [0.25, 0.3) is 0 Å². The number of benzene rings is 1. The minimum absolute atomic E-state index is 0.212. The number of carbonyl (C=O) groups is 1. The molecule has 3 heteroatoms. The zero-order valence-corrected chi connectivity index (χ0v) is 9.96. The number of carbonyl (C=O) groups excluding carboxylic acids is 1. The van der Waals surface area contributed by atoms with E-state index in [4.69, 9.17) is 17.3 Å². The third-order valence-corrected chi connectivity index (χ3v) is 3.42. The van der Waals surface area contributed by atoms with E-state index in [1.807, 2.05) is 24.3 Å². The summed E-state index contributed by atoms with van der Waals surface area (Å²) in [7, 11) is 0. The van der Waals surface area contributed by atoms with E-state index in [9.17, 15) is 4.79 Å². The molecule has 0 radical (unpaired) electrons. The van der Waals surface area contributed by atoms with Crippen LogP contribution in [0.1, 0.15) is 31.2 Å². The SMILES string of the molecule is NC1(CC(=O)Cc2cccc(Cl)c2)CCC1. The highest BCUT2D eigenvalue weighted by Gasteiger charge is 2.34. The van der Waals surface area contributed by atoms with Crippen LogP contribution >= 0.6 is 11.6 Å². The standard InChI is InChI=1S/C13H16ClNO/c14-11-4-1-3-10(7-11)8-12(16)9-13(15)5-2-6-13/h1,3-4,7H,2,5-6,8-9,15H2. The number of halogens is 1. The van der Waals surface area contributed by atoms with Crippen LogP contribution in [0.5, 0.6) is 0 Å². The maximum absolute atomic E-state index is 11.8. The fraction of sp³-hybridized carbons (Fsp3) is 0.462. The molecule has 1 aliphatic rings. The van der Waals surface area contributed by atoms with Crippen LogP contribution in [-0.4, -0.2) is 11.3 Å². The summed E-state index contributed by atoms with van der Waals surface area (Å²) in [6, 6.07) is 7.44. The summed E-state index contributed by atoms with van der Waals surface area (Å²) in [6.07, 6.45) is 4.06. The first kappa shape index (κ1) is 11.6. The molecule has 0 bridgehead atoms. The summed E-state index contributed by atoms with van der Waals surface area (Å²) < 4.78 is 0. The summed E-state index contributed by atoms with van der Waals surface area (Å²) in [4.78, 5) is 11.8. The van der Waals surface area contributed by atoms with Crippen LogP contribution in [0, 0.1) is 0 Å². The van der Waals surface area contributed by atoms with Crippen LogP contribution in [0.3, 0.4) is 0 Å². The predicted molar refractivity (Wildman–Crippen MR) is 65.5 cm³/mol. The molecule has 16 heavy (non-hydrogen) atoms. The van der Waals surface area contributed by atoms with Crippen molar-refractivity contribution in [2.75, 3.05) is 0 Å². The lowest BCUT2D eigenvalue weighted by atomic mass is 9.74. The predicted octanol–water partition coefficient (Wildman–Crippen LogP) is 2.72. The smallest absolute Gasteiger partial charge is 0.139 e. The van der Waals surface area contributed by atoms with Crippen molar-refractivity contribution in [3.05, 3.63) is 34.9 Å². The first-order chi connectivity index (χ1) is 7.57. The van der Waals surface area contributed by atoms with Gasteiger partial charge in [0, 0.05) is 23.4 Å². The molecule has 0 amide bonds. The molecule has 0 aromatic heterocycles. The van der Waals surface area contributed by atoms with Crippen molar-refractivity contribution in [1.29, 1.82) is 0 Å². The van der Waals surface area contributed by atoms with Gasteiger partial charge in [0.05, 0.1) is 0 Å². The summed E-state index contributed by atoms with van der Waals surface area (Å²) in [5.41, 5.74) is 6.80. The largest absolute Gasteiger partial charge is 0.325 e. The van der Waals surface area contributed by atoms with Crippen molar-refractivity contribution >= 4 is 17.4 Å². The molecule has 0 atom stereocenters. The van der Waals surface area contributed by atoms with E-state index in [2.05, 4.69) is 0 Å². The van der Waals surface area contributed by atoms with Crippen LogP contribution in [-0.2, 0) is 11.2 Å². The molecule has 0 unspecified atom stereocenters. The maximum atomic E-state index is 11.8. The van der Waals surface area contributed by atoms with E-state index in [1.165, 1.54) is 0 Å². The van der Waals surface area contributed by atoms with Gasteiger partial charge in [0.2, 0.25) is 0 Å². The third kappa shape index (κ3) is 2.83. The molecule has 0 saturated heterocycles. The van der Waals surface area contributed by atoms with Gasteiger partial charge < -0.3 is 5.73 Å². The second kappa shape index (κ2) is 4.56. The van der Waals surface area contributed by atoms with Gasteiger partial charge in [0.15, 0.2) is 0 Å². The Bertz CT molecular complexity index is 399. The van der Waals surface area contributed by atoms with E-state index in [0.29, 0.717) is 17.9 Å². The second-order valence-electron chi connectivity index (χ2n) is 4.74. The molecule has 0 heterocycles. The lowest BCUT2D eigenvalue weighted by molar-refractivity contribution is -0.120. The Labute approximate surface area is 101 Å². The molecule has 1 fully saturated rings. The molecule has 2 N–H and O–H groups in total. The van der Waals surface area contributed by atoms with Gasteiger partial charge >= 0.3 is 0 Å². The van der Waals surface area contributed by atoms with Crippen molar-refractivity contribution in [3.63, 3.8) is 0 Å². The lowest BCUT2D eigenvalue weighted by Crippen LogP contribution is -2.48. The Balaban J connectivity index is 1.92. The summed E-state index contributed by atoms with van der Waals surface area (Å²) >= 11 is 5.86. The molecular weight excluding hydrogens is 222 g/mol. The molecule has 0 aliphatic heterocycles.